The van der Waals surface area contributed by atoms with Gasteiger partial charge < -0.3 is 19.5 Å². The maximum absolute atomic E-state index is 13.6. The summed E-state index contributed by atoms with van der Waals surface area (Å²) in [5.74, 6) is 1.41. The Bertz CT molecular complexity index is 883. The van der Waals surface area contributed by atoms with Crippen LogP contribution in [0.5, 0.6) is 0 Å². The van der Waals surface area contributed by atoms with E-state index in [0.717, 1.165) is 53.3 Å². The van der Waals surface area contributed by atoms with Crippen LogP contribution in [0.3, 0.4) is 0 Å². The molecule has 2 aromatic rings. The molecule has 1 atom stereocenters. The molecule has 1 aromatic carbocycles. The molecule has 1 amide bonds. The highest BCUT2D eigenvalue weighted by molar-refractivity contribution is 7.91. The van der Waals surface area contributed by atoms with Crippen LogP contribution >= 0.6 is 0 Å². The van der Waals surface area contributed by atoms with Crippen molar-refractivity contribution < 1.29 is 14.1 Å². The summed E-state index contributed by atoms with van der Waals surface area (Å²) < 4.78 is 17.9. The van der Waals surface area contributed by atoms with Gasteiger partial charge in [-0.3, -0.25) is 4.79 Å². The van der Waals surface area contributed by atoms with Crippen molar-refractivity contribution in [2.24, 2.45) is 5.92 Å². The van der Waals surface area contributed by atoms with Crippen LogP contribution in [0.4, 0.5) is 17.2 Å². The number of ether oxygens (including phenoxy) is 1. The van der Waals surface area contributed by atoms with Crippen molar-refractivity contribution in [3.63, 3.8) is 0 Å². The third kappa shape index (κ3) is 4.13. The molecule has 1 N–H and O–H groups in total. The van der Waals surface area contributed by atoms with Crippen LogP contribution in [-0.2, 0) is 27.3 Å². The first-order chi connectivity index (χ1) is 14.1. The van der Waals surface area contributed by atoms with Gasteiger partial charge in [0.15, 0.2) is 4.90 Å². The van der Waals surface area contributed by atoms with Gasteiger partial charge >= 0.3 is 0 Å². The summed E-state index contributed by atoms with van der Waals surface area (Å²) in [7, 11) is 1.74. The predicted octanol–water partition coefficient (Wildman–Crippen LogP) is 4.00. The van der Waals surface area contributed by atoms with Crippen molar-refractivity contribution in [3.05, 3.63) is 42.1 Å². The number of benzene rings is 1. The zero-order valence-corrected chi connectivity index (χ0v) is 17.7. The molecular formula is C22H27N3O3S. The molecule has 154 valence electrons. The first kappa shape index (κ1) is 20.2. The number of hydrogen-bond donors (Lipinski definition) is 1. The lowest BCUT2D eigenvalue weighted by atomic mass is 9.86. The van der Waals surface area contributed by atoms with Crippen LogP contribution in [0.15, 0.2) is 41.4 Å². The van der Waals surface area contributed by atoms with E-state index >= 15 is 0 Å². The molecule has 0 bridgehead atoms. The van der Waals surface area contributed by atoms with Crippen molar-refractivity contribution in [1.29, 1.82) is 0 Å². The zero-order chi connectivity index (χ0) is 20.4. The number of methoxy groups -OCH3 is 1. The third-order valence-electron chi connectivity index (χ3n) is 5.88. The molecule has 2 heterocycles. The Morgan fingerprint density at radius 2 is 2.10 bits per heavy atom. The molecule has 1 unspecified atom stereocenters. The molecule has 4 rings (SSSR count). The minimum Gasteiger partial charge on any atom is -0.611 e. The van der Waals surface area contributed by atoms with Gasteiger partial charge in [0, 0.05) is 30.9 Å². The topological polar surface area (TPSA) is 77.5 Å². The van der Waals surface area contributed by atoms with Gasteiger partial charge in [0.25, 0.3) is 0 Å². The minimum atomic E-state index is -1.08. The summed E-state index contributed by atoms with van der Waals surface area (Å²) in [5.41, 5.74) is 2.57. The predicted molar refractivity (Wildman–Crippen MR) is 115 cm³/mol. The van der Waals surface area contributed by atoms with Gasteiger partial charge in [0.05, 0.1) is 24.0 Å². The fourth-order valence-corrected chi connectivity index (χ4v) is 4.97. The average molecular weight is 414 g/mol. The number of carbonyl (C=O) groups is 1. The van der Waals surface area contributed by atoms with Crippen LogP contribution in [0, 0.1) is 5.92 Å². The highest BCUT2D eigenvalue weighted by Crippen LogP contribution is 2.39. The van der Waals surface area contributed by atoms with Gasteiger partial charge in [-0.2, -0.15) is 0 Å². The lowest BCUT2D eigenvalue weighted by molar-refractivity contribution is -0.124. The first-order valence-corrected chi connectivity index (χ1v) is 11.5. The quantitative estimate of drug-likeness (QED) is 0.767. The molecular weight excluding hydrogens is 386 g/mol. The molecule has 1 aliphatic carbocycles. The lowest BCUT2D eigenvalue weighted by Gasteiger charge is -2.32. The molecule has 0 radical (unpaired) electrons. The SMILES string of the molecule is CC[S+]([O-])c1ccc2c(c1)N(C(=O)[C@H]1CC[C@H](OC)CC1)Cc1cccnc1N2. The van der Waals surface area contributed by atoms with E-state index in [1.807, 2.05) is 42.2 Å². The van der Waals surface area contributed by atoms with Crippen molar-refractivity contribution in [2.45, 2.75) is 50.2 Å². The summed E-state index contributed by atoms with van der Waals surface area (Å²) in [6.45, 7) is 2.35. The number of carbonyl (C=O) groups excluding carboxylic acids is 1. The van der Waals surface area contributed by atoms with Gasteiger partial charge in [-0.1, -0.05) is 6.07 Å². The minimum absolute atomic E-state index is 0.0206. The second kappa shape index (κ2) is 8.73. The van der Waals surface area contributed by atoms with Crippen molar-refractivity contribution >= 4 is 34.3 Å². The van der Waals surface area contributed by atoms with E-state index in [0.29, 0.717) is 12.3 Å². The van der Waals surface area contributed by atoms with Crippen molar-refractivity contribution in [2.75, 3.05) is 23.1 Å². The van der Waals surface area contributed by atoms with E-state index in [9.17, 15) is 9.35 Å². The maximum Gasteiger partial charge on any atom is 0.230 e. The van der Waals surface area contributed by atoms with Crippen LogP contribution in [0.2, 0.25) is 0 Å². The van der Waals surface area contributed by atoms with Crippen LogP contribution in [0.1, 0.15) is 38.2 Å². The molecule has 2 aliphatic rings. The molecule has 6 nitrogen and oxygen atoms in total. The molecule has 1 saturated carbocycles. The van der Waals surface area contributed by atoms with Crippen LogP contribution < -0.4 is 10.2 Å². The van der Waals surface area contributed by atoms with E-state index in [-0.39, 0.29) is 17.9 Å². The Morgan fingerprint density at radius 3 is 2.83 bits per heavy atom. The van der Waals surface area contributed by atoms with E-state index < -0.39 is 11.2 Å². The average Bonchev–Trinajstić information content (AvgIpc) is 2.94. The summed E-state index contributed by atoms with van der Waals surface area (Å²) in [6, 6.07) is 9.55. The summed E-state index contributed by atoms with van der Waals surface area (Å²) in [6.07, 6.45) is 5.47. The lowest BCUT2D eigenvalue weighted by Crippen LogP contribution is -2.38. The van der Waals surface area contributed by atoms with E-state index in [4.69, 9.17) is 4.74 Å². The third-order valence-corrected chi connectivity index (χ3v) is 7.18. The van der Waals surface area contributed by atoms with Gasteiger partial charge in [-0.05, 0) is 62.0 Å². The number of hydrogen-bond acceptors (Lipinski definition) is 5. The number of nitrogens with zero attached hydrogens (tertiary/aromatic N) is 2. The Balaban J connectivity index is 1.70. The smallest absolute Gasteiger partial charge is 0.230 e. The summed E-state index contributed by atoms with van der Waals surface area (Å²) in [4.78, 5) is 20.6. The normalized spacial score (nSPS) is 22.1. The Labute approximate surface area is 174 Å². The highest BCUT2D eigenvalue weighted by atomic mass is 32.2. The number of fused-ring (bicyclic) bond motifs is 2. The van der Waals surface area contributed by atoms with Gasteiger partial charge in [0.2, 0.25) is 5.91 Å². The molecule has 7 heteroatoms. The van der Waals surface area contributed by atoms with Crippen molar-refractivity contribution in [3.8, 4) is 0 Å². The second-order valence-electron chi connectivity index (χ2n) is 7.58. The summed E-state index contributed by atoms with van der Waals surface area (Å²) >= 11 is -1.08. The highest BCUT2D eigenvalue weighted by Gasteiger charge is 2.33. The Kier molecular flexibility index (Phi) is 6.08. The number of nitrogens with one attached hydrogen (secondary N) is 1. The molecule has 29 heavy (non-hydrogen) atoms. The Morgan fingerprint density at radius 1 is 1.31 bits per heavy atom. The second-order valence-corrected chi connectivity index (χ2v) is 9.32. The number of rotatable bonds is 4. The zero-order valence-electron chi connectivity index (χ0n) is 16.9. The summed E-state index contributed by atoms with van der Waals surface area (Å²) in [5, 5.41) is 3.37. The van der Waals surface area contributed by atoms with E-state index in [2.05, 4.69) is 10.3 Å². The van der Waals surface area contributed by atoms with E-state index in [1.165, 1.54) is 0 Å². The molecule has 0 spiro atoms. The Hall–Kier alpha value is -2.09. The standard InChI is InChI=1S/C22H27N3O3S/c1-3-29(27)18-10-11-19-20(13-18)25(14-16-5-4-12-23-21(16)24-19)22(26)15-6-8-17(28-2)9-7-15/h4-5,10-13,15,17H,3,6-9,14H2,1-2H3,(H,23,24)/t15-,17-,29?. The fourth-order valence-electron chi connectivity index (χ4n) is 4.17. The van der Waals surface area contributed by atoms with Crippen LogP contribution in [-0.4, -0.2) is 34.4 Å². The molecule has 0 saturated heterocycles. The fraction of sp³-hybridized carbons (Fsp3) is 0.455. The van der Waals surface area contributed by atoms with Gasteiger partial charge in [-0.25, -0.2) is 4.98 Å². The number of anilines is 3. The van der Waals surface area contributed by atoms with Crippen molar-refractivity contribution in [1.82, 2.24) is 4.98 Å². The largest absolute Gasteiger partial charge is 0.611 e. The monoisotopic (exact) mass is 413 g/mol. The molecule has 1 fully saturated rings. The van der Waals surface area contributed by atoms with E-state index in [1.54, 1.807) is 13.3 Å². The maximum atomic E-state index is 13.6. The number of aromatic nitrogens is 1. The number of amides is 1. The van der Waals surface area contributed by atoms with Crippen LogP contribution in [0.25, 0.3) is 0 Å². The number of pyridine rings is 1. The molecule has 1 aromatic heterocycles. The molecule has 1 aliphatic heterocycles. The van der Waals surface area contributed by atoms with Gasteiger partial charge in [-0.15, -0.1) is 0 Å². The van der Waals surface area contributed by atoms with Gasteiger partial charge in [0.1, 0.15) is 11.6 Å². The first-order valence-electron chi connectivity index (χ1n) is 10.2.